The van der Waals surface area contributed by atoms with Crippen LogP contribution in [0.25, 0.3) is 0 Å². The molecule has 1 heterocycles. The highest BCUT2D eigenvalue weighted by Gasteiger charge is 2.30. The topological polar surface area (TPSA) is 21.1 Å². The van der Waals surface area contributed by atoms with E-state index in [4.69, 9.17) is 0 Å². The monoisotopic (exact) mass is 322 g/mol. The van der Waals surface area contributed by atoms with Crippen molar-refractivity contribution < 1.29 is 10.2 Å². The number of nitrogens with one attached hydrogen (secondary N) is 1. The van der Waals surface area contributed by atoms with E-state index in [-0.39, 0.29) is 0 Å². The van der Waals surface area contributed by atoms with Crippen LogP contribution < -0.4 is 10.2 Å². The van der Waals surface area contributed by atoms with Gasteiger partial charge in [-0.2, -0.15) is 0 Å². The van der Waals surface area contributed by atoms with Crippen LogP contribution in [0.15, 0.2) is 54.6 Å². The third kappa shape index (κ3) is 3.71. The summed E-state index contributed by atoms with van der Waals surface area (Å²) in [4.78, 5) is 1.76. The molecule has 4 rings (SSSR count). The number of fused-ring (bicyclic) bond motifs is 1. The molecule has 2 aliphatic rings. The zero-order valence-electron chi connectivity index (χ0n) is 14.6. The number of aryl methyl sites for hydroxylation is 1. The molecular formula is C22H30N2+2. The van der Waals surface area contributed by atoms with Crippen LogP contribution in [0.2, 0.25) is 0 Å². The average molecular weight is 322 g/mol. The summed E-state index contributed by atoms with van der Waals surface area (Å²) in [6, 6.07) is 21.6. The van der Waals surface area contributed by atoms with Crippen LogP contribution in [0.5, 0.6) is 0 Å². The smallest absolute Gasteiger partial charge is 0.112 e. The van der Waals surface area contributed by atoms with Crippen molar-refractivity contribution in [3.05, 3.63) is 71.3 Å². The number of hydrogen-bond acceptors (Lipinski definition) is 0. The number of rotatable bonds is 4. The Morgan fingerprint density at radius 1 is 0.875 bits per heavy atom. The molecule has 0 unspecified atom stereocenters. The summed E-state index contributed by atoms with van der Waals surface area (Å²) in [5, 5.41) is 2.71. The van der Waals surface area contributed by atoms with E-state index in [2.05, 4.69) is 59.9 Å². The lowest BCUT2D eigenvalue weighted by Gasteiger charge is -2.32. The SMILES string of the molecule is c1ccc(C[NH+]2CCC([NH2+][C@@H]3CCCc4ccccc43)CC2)cc1. The minimum Gasteiger partial charge on any atom is -0.337 e. The van der Waals surface area contributed by atoms with Gasteiger partial charge in [-0.1, -0.05) is 54.6 Å². The van der Waals surface area contributed by atoms with E-state index in [1.165, 1.54) is 57.3 Å². The van der Waals surface area contributed by atoms with Gasteiger partial charge in [0.25, 0.3) is 0 Å². The largest absolute Gasteiger partial charge is 0.337 e. The van der Waals surface area contributed by atoms with Gasteiger partial charge >= 0.3 is 0 Å². The van der Waals surface area contributed by atoms with Gasteiger partial charge in [-0.3, -0.25) is 0 Å². The third-order valence-corrected chi connectivity index (χ3v) is 5.95. The van der Waals surface area contributed by atoms with E-state index in [0.717, 1.165) is 6.04 Å². The molecule has 1 fully saturated rings. The van der Waals surface area contributed by atoms with E-state index >= 15 is 0 Å². The van der Waals surface area contributed by atoms with Crippen LogP contribution in [0.4, 0.5) is 0 Å². The first kappa shape index (κ1) is 15.9. The molecule has 2 heteroatoms. The fraction of sp³-hybridized carbons (Fsp3) is 0.455. The molecule has 1 saturated heterocycles. The van der Waals surface area contributed by atoms with Crippen molar-refractivity contribution in [2.75, 3.05) is 13.1 Å². The van der Waals surface area contributed by atoms with Gasteiger partial charge in [-0.05, 0) is 18.4 Å². The number of piperidine rings is 1. The average Bonchev–Trinajstić information content (AvgIpc) is 2.65. The van der Waals surface area contributed by atoms with Crippen LogP contribution in [0, 0.1) is 0 Å². The van der Waals surface area contributed by atoms with Crippen LogP contribution in [0.1, 0.15) is 48.4 Å². The molecule has 0 spiro atoms. The molecule has 24 heavy (non-hydrogen) atoms. The lowest BCUT2D eigenvalue weighted by Crippen LogP contribution is -3.13. The zero-order valence-corrected chi connectivity index (χ0v) is 14.6. The molecule has 0 amide bonds. The lowest BCUT2D eigenvalue weighted by atomic mass is 9.87. The van der Waals surface area contributed by atoms with Crippen molar-refractivity contribution in [1.29, 1.82) is 0 Å². The van der Waals surface area contributed by atoms with E-state index < -0.39 is 0 Å². The molecule has 126 valence electrons. The molecule has 1 atom stereocenters. The van der Waals surface area contributed by atoms with Gasteiger partial charge in [0.1, 0.15) is 12.6 Å². The number of nitrogens with two attached hydrogens (primary N) is 1. The number of quaternary nitrogens is 2. The second-order valence-corrected chi connectivity index (χ2v) is 7.64. The van der Waals surface area contributed by atoms with Gasteiger partial charge < -0.3 is 10.2 Å². The minimum atomic E-state index is 0.704. The van der Waals surface area contributed by atoms with Crippen molar-refractivity contribution in [2.24, 2.45) is 0 Å². The van der Waals surface area contributed by atoms with E-state index in [9.17, 15) is 0 Å². The molecule has 0 aromatic heterocycles. The lowest BCUT2D eigenvalue weighted by molar-refractivity contribution is -0.927. The van der Waals surface area contributed by atoms with Gasteiger partial charge in [-0.15, -0.1) is 0 Å². The van der Waals surface area contributed by atoms with Crippen molar-refractivity contribution >= 4 is 0 Å². The van der Waals surface area contributed by atoms with E-state index in [1.807, 2.05) is 0 Å². The Hall–Kier alpha value is -1.64. The summed E-state index contributed by atoms with van der Waals surface area (Å²) in [7, 11) is 0. The quantitative estimate of drug-likeness (QED) is 0.858. The van der Waals surface area contributed by atoms with Gasteiger partial charge in [-0.25, -0.2) is 0 Å². The maximum absolute atomic E-state index is 2.71. The molecular weight excluding hydrogens is 292 g/mol. The molecule has 0 radical (unpaired) electrons. The zero-order chi connectivity index (χ0) is 16.2. The Morgan fingerprint density at radius 3 is 2.46 bits per heavy atom. The summed E-state index contributed by atoms with van der Waals surface area (Å²) in [6.45, 7) is 3.84. The van der Waals surface area contributed by atoms with Gasteiger partial charge in [0.05, 0.1) is 19.1 Å². The summed E-state index contributed by atoms with van der Waals surface area (Å²) >= 11 is 0. The van der Waals surface area contributed by atoms with Crippen LogP contribution in [-0.4, -0.2) is 19.1 Å². The maximum Gasteiger partial charge on any atom is 0.112 e. The van der Waals surface area contributed by atoms with Gasteiger partial charge in [0.15, 0.2) is 0 Å². The highest BCUT2D eigenvalue weighted by molar-refractivity contribution is 5.30. The Balaban J connectivity index is 1.31. The van der Waals surface area contributed by atoms with Crippen LogP contribution in [-0.2, 0) is 13.0 Å². The predicted octanol–water partition coefficient (Wildman–Crippen LogP) is 1.87. The summed E-state index contributed by atoms with van der Waals surface area (Å²) in [5.41, 5.74) is 4.69. The molecule has 0 saturated carbocycles. The molecule has 0 bridgehead atoms. The Kier molecular flexibility index (Phi) is 4.96. The molecule has 1 aliphatic carbocycles. The normalized spacial score (nSPS) is 26.8. The fourth-order valence-electron chi connectivity index (χ4n) is 4.62. The summed E-state index contributed by atoms with van der Waals surface area (Å²) in [5.74, 6) is 0. The Morgan fingerprint density at radius 2 is 1.62 bits per heavy atom. The summed E-state index contributed by atoms with van der Waals surface area (Å²) < 4.78 is 0. The van der Waals surface area contributed by atoms with Gasteiger partial charge in [0.2, 0.25) is 0 Å². The van der Waals surface area contributed by atoms with Crippen molar-refractivity contribution in [2.45, 2.75) is 50.7 Å². The second-order valence-electron chi connectivity index (χ2n) is 7.64. The minimum absolute atomic E-state index is 0.704. The van der Waals surface area contributed by atoms with E-state index in [0.29, 0.717) is 6.04 Å². The third-order valence-electron chi connectivity index (χ3n) is 5.95. The van der Waals surface area contributed by atoms with E-state index in [1.54, 1.807) is 16.0 Å². The highest BCUT2D eigenvalue weighted by Crippen LogP contribution is 2.26. The predicted molar refractivity (Wildman–Crippen MR) is 97.9 cm³/mol. The molecule has 2 nitrogen and oxygen atoms in total. The second kappa shape index (κ2) is 7.50. The summed E-state index contributed by atoms with van der Waals surface area (Å²) in [6.07, 6.45) is 6.71. The number of benzene rings is 2. The van der Waals surface area contributed by atoms with Crippen molar-refractivity contribution in [3.8, 4) is 0 Å². The first-order valence-corrected chi connectivity index (χ1v) is 9.69. The molecule has 2 aromatic carbocycles. The van der Waals surface area contributed by atoms with Crippen molar-refractivity contribution in [3.63, 3.8) is 0 Å². The Bertz CT molecular complexity index is 644. The fourth-order valence-corrected chi connectivity index (χ4v) is 4.62. The van der Waals surface area contributed by atoms with Gasteiger partial charge in [0, 0.05) is 30.4 Å². The standard InChI is InChI=1S/C22H28N2/c1-2-7-18(8-3-1)17-24-15-13-20(14-16-24)23-22-12-6-10-19-9-4-5-11-21(19)22/h1-5,7-9,11,20,22-23H,6,10,12-17H2/p+2/t22-/m1/s1. The van der Waals surface area contributed by atoms with Crippen molar-refractivity contribution in [1.82, 2.24) is 0 Å². The first-order chi connectivity index (χ1) is 11.9. The molecule has 2 aromatic rings. The number of hydrogen-bond donors (Lipinski definition) is 2. The van der Waals surface area contributed by atoms with Crippen LogP contribution >= 0.6 is 0 Å². The highest BCUT2D eigenvalue weighted by atomic mass is 15.1. The van der Waals surface area contributed by atoms with Crippen LogP contribution in [0.3, 0.4) is 0 Å². The maximum atomic E-state index is 2.71. The number of likely N-dealkylation sites (tertiary alicyclic amines) is 1. The Labute approximate surface area is 145 Å². The molecule has 3 N–H and O–H groups in total. The first-order valence-electron chi connectivity index (χ1n) is 9.69. The molecule has 1 aliphatic heterocycles.